The van der Waals surface area contributed by atoms with Gasteiger partial charge in [-0.1, -0.05) is 0 Å². The third kappa shape index (κ3) is 3.84. The number of aromatic nitrogens is 3. The number of guanidine groups is 1. The lowest BCUT2D eigenvalue weighted by atomic mass is 10.2. The summed E-state index contributed by atoms with van der Waals surface area (Å²) in [5.74, 6) is 3.21. The van der Waals surface area contributed by atoms with Gasteiger partial charge in [-0.25, -0.2) is 9.98 Å². The van der Waals surface area contributed by atoms with E-state index >= 15 is 0 Å². The highest BCUT2D eigenvalue weighted by atomic mass is 16.5. The van der Waals surface area contributed by atoms with Crippen LogP contribution >= 0.6 is 0 Å². The lowest BCUT2D eigenvalue weighted by Gasteiger charge is -2.20. The second-order valence-electron chi connectivity index (χ2n) is 5.70. The van der Waals surface area contributed by atoms with Crippen molar-refractivity contribution in [2.24, 2.45) is 4.99 Å². The summed E-state index contributed by atoms with van der Waals surface area (Å²) < 4.78 is 5.17. The van der Waals surface area contributed by atoms with Gasteiger partial charge in [0.2, 0.25) is 0 Å². The van der Waals surface area contributed by atoms with Crippen molar-refractivity contribution in [1.82, 2.24) is 25.4 Å². The molecule has 3 rings (SSSR count). The number of rotatable bonds is 5. The maximum Gasteiger partial charge on any atom is 0.194 e. The second kappa shape index (κ2) is 7.81. The second-order valence-corrected chi connectivity index (χ2v) is 5.70. The molecule has 0 spiro atoms. The minimum atomic E-state index is 0.488. The van der Waals surface area contributed by atoms with E-state index in [9.17, 15) is 0 Å². The summed E-state index contributed by atoms with van der Waals surface area (Å²) in [7, 11) is 1.65. The van der Waals surface area contributed by atoms with Crippen LogP contribution < -0.4 is 10.1 Å². The molecule has 1 aliphatic rings. The number of ether oxygens (including phenoxy) is 1. The van der Waals surface area contributed by atoms with Crippen LogP contribution in [-0.4, -0.2) is 52.8 Å². The van der Waals surface area contributed by atoms with Crippen molar-refractivity contribution < 1.29 is 4.74 Å². The number of hydrogen-bond acceptors (Lipinski definition) is 4. The molecule has 24 heavy (non-hydrogen) atoms. The van der Waals surface area contributed by atoms with E-state index in [4.69, 9.17) is 4.74 Å². The molecule has 2 heterocycles. The van der Waals surface area contributed by atoms with Crippen molar-refractivity contribution in [3.63, 3.8) is 0 Å². The summed E-state index contributed by atoms with van der Waals surface area (Å²) in [5, 5.41) is 10.6. The highest BCUT2D eigenvalue weighted by Crippen LogP contribution is 2.19. The van der Waals surface area contributed by atoms with Crippen LogP contribution in [0.15, 0.2) is 29.3 Å². The van der Waals surface area contributed by atoms with Gasteiger partial charge in [-0.05, 0) is 44.0 Å². The molecule has 0 saturated carbocycles. The molecular formula is C17H24N6O. The van der Waals surface area contributed by atoms with E-state index in [1.54, 1.807) is 7.11 Å². The number of aliphatic imine (C=N–C) groups is 1. The van der Waals surface area contributed by atoms with Crippen LogP contribution in [0.3, 0.4) is 0 Å². The third-order valence-electron chi connectivity index (χ3n) is 4.00. The normalized spacial score (nSPS) is 14.9. The van der Waals surface area contributed by atoms with E-state index in [0.717, 1.165) is 42.7 Å². The first-order valence-corrected chi connectivity index (χ1v) is 8.39. The fourth-order valence-electron chi connectivity index (χ4n) is 2.74. The quantitative estimate of drug-likeness (QED) is 0.649. The molecule has 7 heteroatoms. The molecule has 2 aromatic rings. The highest BCUT2D eigenvalue weighted by molar-refractivity contribution is 5.80. The number of aromatic amines is 1. The molecule has 1 fully saturated rings. The summed E-state index contributed by atoms with van der Waals surface area (Å²) in [6, 6.07) is 7.70. The Balaban J connectivity index is 1.68. The molecule has 0 unspecified atom stereocenters. The van der Waals surface area contributed by atoms with Gasteiger partial charge in [0.25, 0.3) is 0 Å². The zero-order valence-electron chi connectivity index (χ0n) is 14.2. The van der Waals surface area contributed by atoms with Gasteiger partial charge in [0.15, 0.2) is 11.8 Å². The Morgan fingerprint density at radius 1 is 1.29 bits per heavy atom. The van der Waals surface area contributed by atoms with Crippen molar-refractivity contribution >= 4 is 5.96 Å². The lowest BCUT2D eigenvalue weighted by Crippen LogP contribution is -2.39. The van der Waals surface area contributed by atoms with E-state index in [-0.39, 0.29) is 0 Å². The first kappa shape index (κ1) is 16.3. The van der Waals surface area contributed by atoms with Crippen LogP contribution in [0.2, 0.25) is 0 Å². The molecule has 0 atom stereocenters. The Morgan fingerprint density at radius 2 is 2.04 bits per heavy atom. The van der Waals surface area contributed by atoms with Crippen LogP contribution in [0.4, 0.5) is 0 Å². The average Bonchev–Trinajstić information content (AvgIpc) is 3.30. The molecule has 1 aromatic heterocycles. The van der Waals surface area contributed by atoms with Crippen molar-refractivity contribution in [2.75, 3.05) is 26.7 Å². The van der Waals surface area contributed by atoms with Crippen LogP contribution in [-0.2, 0) is 6.54 Å². The van der Waals surface area contributed by atoms with Gasteiger partial charge in [0, 0.05) is 25.2 Å². The number of benzene rings is 1. The molecule has 7 nitrogen and oxygen atoms in total. The van der Waals surface area contributed by atoms with E-state index < -0.39 is 0 Å². The predicted molar refractivity (Wildman–Crippen MR) is 94.0 cm³/mol. The fraction of sp³-hybridized carbons (Fsp3) is 0.471. The zero-order chi connectivity index (χ0) is 16.8. The number of likely N-dealkylation sites (tertiary alicyclic amines) is 1. The Hall–Kier alpha value is -2.57. The number of hydrogen-bond donors (Lipinski definition) is 2. The molecule has 1 aromatic carbocycles. The van der Waals surface area contributed by atoms with Gasteiger partial charge in [0.05, 0.1) is 7.11 Å². The number of methoxy groups -OCH3 is 1. The molecule has 0 aliphatic carbocycles. The monoisotopic (exact) mass is 328 g/mol. The van der Waals surface area contributed by atoms with E-state index in [1.807, 2.05) is 24.3 Å². The smallest absolute Gasteiger partial charge is 0.194 e. The van der Waals surface area contributed by atoms with Crippen LogP contribution in [0, 0.1) is 0 Å². The molecule has 1 saturated heterocycles. The Morgan fingerprint density at radius 3 is 2.71 bits per heavy atom. The van der Waals surface area contributed by atoms with Crippen molar-refractivity contribution in [1.29, 1.82) is 0 Å². The predicted octanol–water partition coefficient (Wildman–Crippen LogP) is 2.04. The molecule has 2 N–H and O–H groups in total. The minimum absolute atomic E-state index is 0.488. The molecular weight excluding hydrogens is 304 g/mol. The van der Waals surface area contributed by atoms with Crippen LogP contribution in [0.1, 0.15) is 25.6 Å². The topological polar surface area (TPSA) is 78.4 Å². The van der Waals surface area contributed by atoms with Gasteiger partial charge in [0.1, 0.15) is 18.1 Å². The average molecular weight is 328 g/mol. The van der Waals surface area contributed by atoms with Crippen molar-refractivity contribution in [2.45, 2.75) is 26.3 Å². The summed E-state index contributed by atoms with van der Waals surface area (Å²) in [6.07, 6.45) is 2.46. The molecule has 0 amide bonds. The molecule has 1 aliphatic heterocycles. The first-order chi connectivity index (χ1) is 11.8. The number of nitrogens with zero attached hydrogens (tertiary/aromatic N) is 4. The lowest BCUT2D eigenvalue weighted by molar-refractivity contribution is 0.415. The van der Waals surface area contributed by atoms with Gasteiger partial charge in [-0.15, -0.1) is 0 Å². The largest absolute Gasteiger partial charge is 0.497 e. The highest BCUT2D eigenvalue weighted by Gasteiger charge is 2.15. The Bertz CT molecular complexity index is 673. The van der Waals surface area contributed by atoms with E-state index in [2.05, 4.69) is 37.3 Å². The van der Waals surface area contributed by atoms with Crippen molar-refractivity contribution in [3.8, 4) is 17.1 Å². The van der Waals surface area contributed by atoms with Gasteiger partial charge in [-0.2, -0.15) is 5.10 Å². The van der Waals surface area contributed by atoms with Gasteiger partial charge < -0.3 is 15.0 Å². The summed E-state index contributed by atoms with van der Waals surface area (Å²) in [4.78, 5) is 11.5. The summed E-state index contributed by atoms with van der Waals surface area (Å²) in [5.41, 5.74) is 0.953. The maximum atomic E-state index is 5.17. The van der Waals surface area contributed by atoms with E-state index in [1.165, 1.54) is 12.8 Å². The summed E-state index contributed by atoms with van der Waals surface area (Å²) >= 11 is 0. The Labute approximate surface area is 142 Å². The number of nitrogens with one attached hydrogen (secondary N) is 2. The summed E-state index contributed by atoms with van der Waals surface area (Å²) in [6.45, 7) is 5.57. The third-order valence-corrected chi connectivity index (χ3v) is 4.00. The Kier molecular flexibility index (Phi) is 5.30. The molecule has 0 bridgehead atoms. The zero-order valence-corrected chi connectivity index (χ0v) is 14.2. The van der Waals surface area contributed by atoms with Crippen LogP contribution in [0.25, 0.3) is 11.4 Å². The SMILES string of the molecule is CCNC(=NCc1nc(-c2ccc(OC)cc2)n[nH]1)N1CCCC1. The first-order valence-electron chi connectivity index (χ1n) is 8.39. The molecule has 0 radical (unpaired) electrons. The minimum Gasteiger partial charge on any atom is -0.497 e. The fourth-order valence-corrected chi connectivity index (χ4v) is 2.74. The van der Waals surface area contributed by atoms with Crippen LogP contribution in [0.5, 0.6) is 5.75 Å². The molecule has 128 valence electrons. The van der Waals surface area contributed by atoms with Gasteiger partial charge in [-0.3, -0.25) is 5.10 Å². The van der Waals surface area contributed by atoms with Crippen molar-refractivity contribution in [3.05, 3.63) is 30.1 Å². The van der Waals surface area contributed by atoms with Gasteiger partial charge >= 0.3 is 0 Å². The number of H-pyrrole nitrogens is 1. The maximum absolute atomic E-state index is 5.17. The van der Waals surface area contributed by atoms with E-state index in [0.29, 0.717) is 12.4 Å². The standard InChI is InChI=1S/C17H24N6O/c1-3-18-17(23-10-4-5-11-23)19-12-15-20-16(22-21-15)13-6-8-14(24-2)9-7-13/h6-9H,3-5,10-12H2,1-2H3,(H,18,19)(H,20,21,22).